The molecule has 0 saturated heterocycles. The van der Waals surface area contributed by atoms with Crippen molar-refractivity contribution in [3.8, 4) is 0 Å². The minimum absolute atomic E-state index is 0.558. The molecule has 4 N–H and O–H groups in total. The fourth-order valence-electron chi connectivity index (χ4n) is 2.22. The fraction of sp³-hybridized carbons (Fsp3) is 0.143. The zero-order valence-electron chi connectivity index (χ0n) is 10.1. The third kappa shape index (κ3) is 2.25. The molecule has 19 heavy (non-hydrogen) atoms. The summed E-state index contributed by atoms with van der Waals surface area (Å²) in [5, 5.41) is 6.58. The van der Waals surface area contributed by atoms with Gasteiger partial charge in [-0.1, -0.05) is 23.2 Å². The Balaban J connectivity index is 2.20. The predicted molar refractivity (Wildman–Crippen MR) is 83.4 cm³/mol. The first-order valence-electron chi connectivity index (χ1n) is 6.03. The number of anilines is 1. The lowest BCUT2D eigenvalue weighted by Gasteiger charge is -2.04. The van der Waals surface area contributed by atoms with Crippen LogP contribution in [0.4, 0.5) is 5.69 Å². The molecule has 0 bridgehead atoms. The van der Waals surface area contributed by atoms with Crippen molar-refractivity contribution in [1.82, 2.24) is 4.98 Å². The van der Waals surface area contributed by atoms with Gasteiger partial charge in [-0.2, -0.15) is 0 Å². The molecular formula is C14H13Cl2N3. The lowest BCUT2D eigenvalue weighted by Crippen LogP contribution is -2.12. The average Bonchev–Trinajstić information content (AvgIpc) is 2.74. The zero-order valence-corrected chi connectivity index (χ0v) is 11.6. The summed E-state index contributed by atoms with van der Waals surface area (Å²) in [6, 6.07) is 9.90. The molecule has 1 heterocycles. The first-order chi connectivity index (χ1) is 9.19. The number of benzene rings is 2. The van der Waals surface area contributed by atoms with Crippen molar-refractivity contribution >= 4 is 50.7 Å². The highest BCUT2D eigenvalue weighted by atomic mass is 35.5. The quantitative estimate of drug-likeness (QED) is 0.684. The Bertz CT molecular complexity index is 749. The summed E-state index contributed by atoms with van der Waals surface area (Å²) in [5.41, 5.74) is 8.59. The van der Waals surface area contributed by atoms with Gasteiger partial charge in [0.25, 0.3) is 0 Å². The van der Waals surface area contributed by atoms with E-state index in [0.717, 1.165) is 34.0 Å². The van der Waals surface area contributed by atoms with Gasteiger partial charge in [0.05, 0.1) is 10.0 Å². The van der Waals surface area contributed by atoms with Crippen LogP contribution in [0.2, 0.25) is 10.0 Å². The van der Waals surface area contributed by atoms with E-state index in [-0.39, 0.29) is 0 Å². The van der Waals surface area contributed by atoms with Gasteiger partial charge in [-0.3, -0.25) is 0 Å². The van der Waals surface area contributed by atoms with Gasteiger partial charge in [-0.15, -0.1) is 0 Å². The van der Waals surface area contributed by atoms with Gasteiger partial charge in [0.1, 0.15) is 0 Å². The number of hydrogen-bond acceptors (Lipinski definition) is 2. The maximum Gasteiger partial charge on any atom is 0.0613 e. The van der Waals surface area contributed by atoms with E-state index in [1.165, 1.54) is 0 Å². The molecule has 1 aromatic heterocycles. The van der Waals surface area contributed by atoms with Gasteiger partial charge < -0.3 is 16.0 Å². The van der Waals surface area contributed by atoms with E-state index < -0.39 is 0 Å². The average molecular weight is 294 g/mol. The van der Waals surface area contributed by atoms with E-state index in [9.17, 15) is 0 Å². The molecule has 0 saturated carbocycles. The van der Waals surface area contributed by atoms with Gasteiger partial charge in [0, 0.05) is 40.6 Å². The van der Waals surface area contributed by atoms with Crippen LogP contribution < -0.4 is 11.1 Å². The minimum Gasteiger partial charge on any atom is -0.384 e. The lowest BCUT2D eigenvalue weighted by atomic mass is 10.1. The summed E-state index contributed by atoms with van der Waals surface area (Å²) < 4.78 is 0. The number of H-pyrrole nitrogens is 1. The Labute approximate surface area is 120 Å². The largest absolute Gasteiger partial charge is 0.384 e. The molecule has 0 aliphatic carbocycles. The molecule has 0 spiro atoms. The first-order valence-corrected chi connectivity index (χ1v) is 6.79. The van der Waals surface area contributed by atoms with Crippen LogP contribution in [0.25, 0.3) is 21.8 Å². The van der Waals surface area contributed by atoms with E-state index in [4.69, 9.17) is 28.9 Å². The summed E-state index contributed by atoms with van der Waals surface area (Å²) in [4.78, 5) is 3.33. The molecule has 0 fully saturated rings. The Morgan fingerprint density at radius 2 is 1.74 bits per heavy atom. The number of aromatic amines is 1. The number of nitrogens with two attached hydrogens (primary N) is 1. The number of rotatable bonds is 3. The molecule has 0 aliphatic rings. The van der Waals surface area contributed by atoms with Crippen LogP contribution in [0.5, 0.6) is 0 Å². The SMILES string of the molecule is NCCNc1ccc2[nH]c3cc(Cl)c(Cl)cc3c2c1. The number of nitrogens with one attached hydrogen (secondary N) is 2. The Morgan fingerprint density at radius 1 is 1.00 bits per heavy atom. The molecule has 3 rings (SSSR count). The van der Waals surface area contributed by atoms with Crippen LogP contribution >= 0.6 is 23.2 Å². The molecule has 0 amide bonds. The molecular weight excluding hydrogens is 281 g/mol. The van der Waals surface area contributed by atoms with Crippen LogP contribution in [-0.4, -0.2) is 18.1 Å². The highest BCUT2D eigenvalue weighted by Gasteiger charge is 2.08. The molecule has 98 valence electrons. The maximum atomic E-state index is 6.09. The van der Waals surface area contributed by atoms with Crippen LogP contribution in [-0.2, 0) is 0 Å². The van der Waals surface area contributed by atoms with Crippen molar-refractivity contribution < 1.29 is 0 Å². The van der Waals surface area contributed by atoms with Crippen molar-refractivity contribution in [2.24, 2.45) is 5.73 Å². The van der Waals surface area contributed by atoms with E-state index in [1.54, 1.807) is 0 Å². The standard InChI is InChI=1S/C14H13Cl2N3/c15-11-6-10-9-5-8(18-4-3-17)1-2-13(9)19-14(10)7-12(11)16/h1-2,5-7,18-19H,3-4,17H2. The number of halogens is 2. The monoisotopic (exact) mass is 293 g/mol. The molecule has 0 unspecified atom stereocenters. The van der Waals surface area contributed by atoms with E-state index >= 15 is 0 Å². The van der Waals surface area contributed by atoms with Crippen molar-refractivity contribution in [1.29, 1.82) is 0 Å². The van der Waals surface area contributed by atoms with Crippen LogP contribution in [0.3, 0.4) is 0 Å². The third-order valence-electron chi connectivity index (χ3n) is 3.11. The molecule has 0 radical (unpaired) electrons. The topological polar surface area (TPSA) is 53.8 Å². The zero-order chi connectivity index (χ0) is 13.4. The second-order valence-corrected chi connectivity index (χ2v) is 5.23. The third-order valence-corrected chi connectivity index (χ3v) is 3.84. The van der Waals surface area contributed by atoms with Crippen LogP contribution in [0.15, 0.2) is 30.3 Å². The van der Waals surface area contributed by atoms with Gasteiger partial charge in [-0.05, 0) is 30.3 Å². The molecule has 0 atom stereocenters. The molecule has 5 heteroatoms. The predicted octanol–water partition coefficient (Wildman–Crippen LogP) is 4.00. The summed E-state index contributed by atoms with van der Waals surface area (Å²) in [6.07, 6.45) is 0. The number of hydrogen-bond donors (Lipinski definition) is 3. The minimum atomic E-state index is 0.558. The first kappa shape index (κ1) is 12.6. The van der Waals surface area contributed by atoms with E-state index in [2.05, 4.69) is 16.4 Å². The Hall–Kier alpha value is -1.42. The lowest BCUT2D eigenvalue weighted by molar-refractivity contribution is 1.02. The van der Waals surface area contributed by atoms with Gasteiger partial charge in [-0.25, -0.2) is 0 Å². The summed E-state index contributed by atoms with van der Waals surface area (Å²) >= 11 is 12.1. The Kier molecular flexibility index (Phi) is 3.27. The summed E-state index contributed by atoms with van der Waals surface area (Å²) in [5.74, 6) is 0. The normalized spacial score (nSPS) is 11.3. The van der Waals surface area contributed by atoms with Crippen LogP contribution in [0, 0.1) is 0 Å². The molecule has 0 aliphatic heterocycles. The van der Waals surface area contributed by atoms with Gasteiger partial charge in [0.2, 0.25) is 0 Å². The highest BCUT2D eigenvalue weighted by Crippen LogP contribution is 2.33. The smallest absolute Gasteiger partial charge is 0.0613 e. The Morgan fingerprint density at radius 3 is 2.53 bits per heavy atom. The van der Waals surface area contributed by atoms with Crippen LogP contribution in [0.1, 0.15) is 0 Å². The van der Waals surface area contributed by atoms with E-state index in [0.29, 0.717) is 16.6 Å². The van der Waals surface area contributed by atoms with Crippen molar-refractivity contribution in [3.63, 3.8) is 0 Å². The van der Waals surface area contributed by atoms with Crippen molar-refractivity contribution in [2.75, 3.05) is 18.4 Å². The van der Waals surface area contributed by atoms with Gasteiger partial charge in [0.15, 0.2) is 0 Å². The summed E-state index contributed by atoms with van der Waals surface area (Å²) in [7, 11) is 0. The maximum absolute atomic E-state index is 6.09. The molecule has 2 aromatic carbocycles. The van der Waals surface area contributed by atoms with Crippen molar-refractivity contribution in [3.05, 3.63) is 40.4 Å². The molecule has 3 nitrogen and oxygen atoms in total. The van der Waals surface area contributed by atoms with E-state index in [1.807, 2.05) is 24.3 Å². The second-order valence-electron chi connectivity index (χ2n) is 4.41. The summed E-state index contributed by atoms with van der Waals surface area (Å²) in [6.45, 7) is 1.35. The second kappa shape index (κ2) is 4.93. The highest BCUT2D eigenvalue weighted by molar-refractivity contribution is 6.43. The molecule has 3 aromatic rings. The van der Waals surface area contributed by atoms with Gasteiger partial charge >= 0.3 is 0 Å². The van der Waals surface area contributed by atoms with Crippen molar-refractivity contribution in [2.45, 2.75) is 0 Å². The fourth-order valence-corrected chi connectivity index (χ4v) is 2.55. The number of fused-ring (bicyclic) bond motifs is 3. The number of aromatic nitrogens is 1.